The van der Waals surface area contributed by atoms with Gasteiger partial charge in [0.05, 0.1) is 0 Å². The van der Waals surface area contributed by atoms with Crippen molar-refractivity contribution in [3.63, 3.8) is 0 Å². The van der Waals surface area contributed by atoms with Crippen LogP contribution in [0.5, 0.6) is 5.75 Å². The molecule has 0 heterocycles. The minimum Gasteiger partial charge on any atom is -0.481 e. The predicted molar refractivity (Wildman–Crippen MR) is 116 cm³/mol. The van der Waals surface area contributed by atoms with Crippen LogP contribution in [0.3, 0.4) is 0 Å². The highest BCUT2D eigenvalue weighted by Gasteiger charge is 2.14. The Kier molecular flexibility index (Phi) is 8.25. The van der Waals surface area contributed by atoms with Crippen molar-refractivity contribution in [3.05, 3.63) is 65.2 Å². The van der Waals surface area contributed by atoms with Crippen LogP contribution < -0.4 is 15.4 Å². The Morgan fingerprint density at radius 3 is 1.76 bits per heavy atom. The second kappa shape index (κ2) is 10.6. The Bertz CT molecular complexity index is 796. The standard InChI is InChI=1S/C24H32N2O3/c1-16(2)19-6-8-21(9-7-19)24(28)26-15-14-25-23(27)18(5)29-22-12-10-20(11-13-22)17(3)4/h6-13,16-18H,14-15H2,1-5H3,(H,25,27)(H,26,28). The van der Waals surface area contributed by atoms with Crippen LogP contribution in [-0.4, -0.2) is 31.0 Å². The molecule has 156 valence electrons. The van der Waals surface area contributed by atoms with Gasteiger partial charge < -0.3 is 15.4 Å². The topological polar surface area (TPSA) is 67.4 Å². The van der Waals surface area contributed by atoms with Crippen LogP contribution in [0.25, 0.3) is 0 Å². The SMILES string of the molecule is CC(Oc1ccc(C(C)C)cc1)C(=O)NCCNC(=O)c1ccc(C(C)C)cc1. The van der Waals surface area contributed by atoms with E-state index in [1.165, 1.54) is 11.1 Å². The summed E-state index contributed by atoms with van der Waals surface area (Å²) in [6.45, 7) is 10.9. The van der Waals surface area contributed by atoms with E-state index >= 15 is 0 Å². The molecule has 0 bridgehead atoms. The van der Waals surface area contributed by atoms with Crippen LogP contribution in [-0.2, 0) is 4.79 Å². The highest BCUT2D eigenvalue weighted by atomic mass is 16.5. The number of benzene rings is 2. The molecule has 0 radical (unpaired) electrons. The summed E-state index contributed by atoms with van der Waals surface area (Å²) < 4.78 is 5.69. The van der Waals surface area contributed by atoms with Crippen LogP contribution in [0.15, 0.2) is 48.5 Å². The van der Waals surface area contributed by atoms with Crippen LogP contribution >= 0.6 is 0 Å². The fraction of sp³-hybridized carbons (Fsp3) is 0.417. The number of nitrogens with one attached hydrogen (secondary N) is 2. The predicted octanol–water partition coefficient (Wildman–Crippen LogP) is 4.25. The summed E-state index contributed by atoms with van der Waals surface area (Å²) in [5.41, 5.74) is 3.04. The minimum absolute atomic E-state index is 0.149. The molecule has 2 amide bonds. The largest absolute Gasteiger partial charge is 0.481 e. The molecular formula is C24H32N2O3. The zero-order valence-corrected chi connectivity index (χ0v) is 18.0. The third-order valence-corrected chi connectivity index (χ3v) is 4.78. The molecule has 1 unspecified atom stereocenters. The molecular weight excluding hydrogens is 364 g/mol. The second-order valence-corrected chi connectivity index (χ2v) is 7.81. The highest BCUT2D eigenvalue weighted by molar-refractivity contribution is 5.94. The number of amides is 2. The molecule has 29 heavy (non-hydrogen) atoms. The zero-order valence-electron chi connectivity index (χ0n) is 18.0. The molecule has 0 aliphatic rings. The summed E-state index contributed by atoms with van der Waals surface area (Å²) in [4.78, 5) is 24.4. The van der Waals surface area contributed by atoms with Gasteiger partial charge in [-0.25, -0.2) is 0 Å². The Morgan fingerprint density at radius 1 is 0.759 bits per heavy atom. The van der Waals surface area contributed by atoms with Crippen molar-refractivity contribution >= 4 is 11.8 Å². The normalized spacial score (nSPS) is 12.0. The summed E-state index contributed by atoms with van der Waals surface area (Å²) in [5.74, 6) is 1.18. The van der Waals surface area contributed by atoms with Gasteiger partial charge in [0.15, 0.2) is 6.10 Å². The second-order valence-electron chi connectivity index (χ2n) is 7.81. The first-order valence-electron chi connectivity index (χ1n) is 10.2. The number of hydrogen-bond donors (Lipinski definition) is 2. The molecule has 5 nitrogen and oxygen atoms in total. The van der Waals surface area contributed by atoms with Crippen molar-refractivity contribution in [3.8, 4) is 5.75 Å². The molecule has 0 aromatic heterocycles. The molecule has 2 rings (SSSR count). The van der Waals surface area contributed by atoms with Gasteiger partial charge >= 0.3 is 0 Å². The first-order chi connectivity index (χ1) is 13.8. The number of carbonyl (C=O) groups excluding carboxylic acids is 2. The van der Waals surface area contributed by atoms with Crippen molar-refractivity contribution in [2.24, 2.45) is 0 Å². The first-order valence-corrected chi connectivity index (χ1v) is 10.2. The number of rotatable bonds is 9. The maximum Gasteiger partial charge on any atom is 0.260 e. The van der Waals surface area contributed by atoms with Crippen molar-refractivity contribution in [2.75, 3.05) is 13.1 Å². The number of carbonyl (C=O) groups is 2. The fourth-order valence-corrected chi connectivity index (χ4v) is 2.82. The van der Waals surface area contributed by atoms with Crippen molar-refractivity contribution in [1.82, 2.24) is 10.6 Å². The van der Waals surface area contributed by atoms with E-state index < -0.39 is 6.10 Å². The van der Waals surface area contributed by atoms with Crippen LogP contribution in [0, 0.1) is 0 Å². The molecule has 0 aliphatic carbocycles. The van der Waals surface area contributed by atoms with Gasteiger partial charge in [0.2, 0.25) is 0 Å². The molecule has 0 spiro atoms. The van der Waals surface area contributed by atoms with Gasteiger partial charge in [-0.2, -0.15) is 0 Å². The summed E-state index contributed by atoms with van der Waals surface area (Å²) in [7, 11) is 0. The molecule has 2 N–H and O–H groups in total. The average molecular weight is 397 g/mol. The van der Waals surface area contributed by atoms with Gasteiger partial charge in [0.1, 0.15) is 5.75 Å². The van der Waals surface area contributed by atoms with Crippen LogP contribution in [0.2, 0.25) is 0 Å². The van der Waals surface area contributed by atoms with E-state index in [0.29, 0.717) is 36.2 Å². The van der Waals surface area contributed by atoms with Gasteiger partial charge in [-0.05, 0) is 54.2 Å². The van der Waals surface area contributed by atoms with Crippen LogP contribution in [0.1, 0.15) is 67.9 Å². The smallest absolute Gasteiger partial charge is 0.260 e. The summed E-state index contributed by atoms with van der Waals surface area (Å²) in [5, 5.41) is 5.60. The lowest BCUT2D eigenvalue weighted by molar-refractivity contribution is -0.127. The van der Waals surface area contributed by atoms with Crippen molar-refractivity contribution in [2.45, 2.75) is 52.6 Å². The Balaban J connectivity index is 1.72. The summed E-state index contributed by atoms with van der Waals surface area (Å²) in [6.07, 6.45) is -0.612. The number of ether oxygens (including phenoxy) is 1. The van der Waals surface area contributed by atoms with E-state index in [1.54, 1.807) is 6.92 Å². The van der Waals surface area contributed by atoms with Gasteiger partial charge in [-0.1, -0.05) is 52.0 Å². The van der Waals surface area contributed by atoms with Crippen LogP contribution in [0.4, 0.5) is 0 Å². The lowest BCUT2D eigenvalue weighted by Crippen LogP contribution is -2.40. The van der Waals surface area contributed by atoms with E-state index in [9.17, 15) is 9.59 Å². The lowest BCUT2D eigenvalue weighted by atomic mass is 10.0. The monoisotopic (exact) mass is 396 g/mol. The Labute approximate surface area is 173 Å². The summed E-state index contributed by atoms with van der Waals surface area (Å²) in [6, 6.07) is 15.4. The van der Waals surface area contributed by atoms with Crippen molar-refractivity contribution in [1.29, 1.82) is 0 Å². The maximum atomic E-state index is 12.2. The third-order valence-electron chi connectivity index (χ3n) is 4.78. The minimum atomic E-state index is -0.612. The quantitative estimate of drug-likeness (QED) is 0.623. The Hall–Kier alpha value is -2.82. The van der Waals surface area contributed by atoms with E-state index in [1.807, 2.05) is 48.5 Å². The van der Waals surface area contributed by atoms with Gasteiger partial charge in [-0.3, -0.25) is 9.59 Å². The molecule has 2 aromatic carbocycles. The van der Waals surface area contributed by atoms with E-state index in [2.05, 4.69) is 38.3 Å². The lowest BCUT2D eigenvalue weighted by Gasteiger charge is -2.15. The average Bonchev–Trinajstić information content (AvgIpc) is 2.71. The molecule has 0 saturated carbocycles. The summed E-state index contributed by atoms with van der Waals surface area (Å²) >= 11 is 0. The van der Waals surface area contributed by atoms with Gasteiger partial charge in [0.25, 0.3) is 11.8 Å². The van der Waals surface area contributed by atoms with E-state index in [0.717, 1.165) is 0 Å². The van der Waals surface area contributed by atoms with E-state index in [-0.39, 0.29) is 11.8 Å². The maximum absolute atomic E-state index is 12.2. The molecule has 0 aliphatic heterocycles. The molecule has 0 fully saturated rings. The van der Waals surface area contributed by atoms with Gasteiger partial charge in [-0.15, -0.1) is 0 Å². The number of hydrogen-bond acceptors (Lipinski definition) is 3. The molecule has 0 saturated heterocycles. The van der Waals surface area contributed by atoms with Crippen molar-refractivity contribution < 1.29 is 14.3 Å². The van der Waals surface area contributed by atoms with Gasteiger partial charge in [0, 0.05) is 18.7 Å². The fourth-order valence-electron chi connectivity index (χ4n) is 2.82. The highest BCUT2D eigenvalue weighted by Crippen LogP contribution is 2.19. The molecule has 2 aromatic rings. The Morgan fingerprint density at radius 2 is 1.24 bits per heavy atom. The molecule has 5 heteroatoms. The van der Waals surface area contributed by atoms with E-state index in [4.69, 9.17) is 4.74 Å². The zero-order chi connectivity index (χ0) is 21.4. The molecule has 1 atom stereocenters. The first kappa shape index (κ1) is 22.5. The third kappa shape index (κ3) is 6.93.